The Morgan fingerprint density at radius 1 is 1.03 bits per heavy atom. The number of rotatable bonds is 7. The highest BCUT2D eigenvalue weighted by Gasteiger charge is 2.20. The molecule has 0 aliphatic carbocycles. The van der Waals surface area contributed by atoms with Crippen molar-refractivity contribution in [2.24, 2.45) is 0 Å². The lowest BCUT2D eigenvalue weighted by Crippen LogP contribution is -2.18. The van der Waals surface area contributed by atoms with Gasteiger partial charge in [-0.25, -0.2) is 0 Å². The molecule has 1 heterocycles. The van der Waals surface area contributed by atoms with Gasteiger partial charge < -0.3 is 24.4 Å². The van der Waals surface area contributed by atoms with E-state index in [0.717, 1.165) is 31.6 Å². The summed E-state index contributed by atoms with van der Waals surface area (Å²) in [6.07, 6.45) is 3.78. The topological polar surface area (TPSA) is 83.8 Å². The summed E-state index contributed by atoms with van der Waals surface area (Å²) in [5, 5.41) is 12.3. The van der Waals surface area contributed by atoms with Crippen LogP contribution in [0, 0.1) is 11.3 Å². The number of carbonyl (C=O) groups excluding carboxylic acids is 1. The zero-order valence-electron chi connectivity index (χ0n) is 17.4. The molecule has 156 valence electrons. The van der Waals surface area contributed by atoms with Crippen LogP contribution < -0.4 is 24.4 Å². The van der Waals surface area contributed by atoms with Crippen molar-refractivity contribution in [1.29, 1.82) is 5.26 Å². The molecule has 1 aliphatic rings. The van der Waals surface area contributed by atoms with Gasteiger partial charge in [0.25, 0.3) is 5.91 Å². The number of ether oxygens (including phenoxy) is 3. The largest absolute Gasteiger partial charge is 0.497 e. The van der Waals surface area contributed by atoms with Gasteiger partial charge in [-0.05, 0) is 49.2 Å². The van der Waals surface area contributed by atoms with Gasteiger partial charge in [0.15, 0.2) is 0 Å². The number of nitrogens with zero attached hydrogens (tertiary/aromatic N) is 2. The molecule has 1 saturated heterocycles. The molecule has 1 aliphatic heterocycles. The van der Waals surface area contributed by atoms with E-state index >= 15 is 0 Å². The Labute approximate surface area is 176 Å². The Balaban J connectivity index is 1.89. The van der Waals surface area contributed by atoms with Crippen molar-refractivity contribution >= 4 is 23.4 Å². The van der Waals surface area contributed by atoms with Gasteiger partial charge in [-0.15, -0.1) is 0 Å². The highest BCUT2D eigenvalue weighted by Crippen LogP contribution is 2.38. The molecule has 1 N–H and O–H groups in total. The van der Waals surface area contributed by atoms with Crippen LogP contribution in [0.5, 0.6) is 17.2 Å². The molecule has 0 bridgehead atoms. The first-order valence-corrected chi connectivity index (χ1v) is 9.67. The van der Waals surface area contributed by atoms with Gasteiger partial charge in [-0.3, -0.25) is 4.79 Å². The van der Waals surface area contributed by atoms with Crippen molar-refractivity contribution in [2.75, 3.05) is 44.6 Å². The van der Waals surface area contributed by atoms with Gasteiger partial charge in [0.05, 0.1) is 27.0 Å². The average Bonchev–Trinajstić information content (AvgIpc) is 3.32. The third kappa shape index (κ3) is 4.66. The van der Waals surface area contributed by atoms with E-state index in [4.69, 9.17) is 14.2 Å². The van der Waals surface area contributed by atoms with Gasteiger partial charge in [-0.2, -0.15) is 5.26 Å². The fraction of sp³-hybridized carbons (Fsp3) is 0.304. The Morgan fingerprint density at radius 2 is 1.70 bits per heavy atom. The molecular weight excluding hydrogens is 382 g/mol. The molecule has 0 aromatic heterocycles. The van der Waals surface area contributed by atoms with Crippen LogP contribution in [0.3, 0.4) is 0 Å². The number of hydrogen-bond donors (Lipinski definition) is 1. The first-order chi connectivity index (χ1) is 14.6. The van der Waals surface area contributed by atoms with Crippen LogP contribution in [0.15, 0.2) is 42.0 Å². The summed E-state index contributed by atoms with van der Waals surface area (Å²) in [6, 6.07) is 12.5. The van der Waals surface area contributed by atoms with E-state index in [0.29, 0.717) is 28.5 Å². The number of benzene rings is 2. The van der Waals surface area contributed by atoms with Crippen LogP contribution in [-0.4, -0.2) is 40.3 Å². The highest BCUT2D eigenvalue weighted by molar-refractivity contribution is 6.10. The lowest BCUT2D eigenvalue weighted by atomic mass is 10.1. The van der Waals surface area contributed by atoms with E-state index in [1.807, 2.05) is 12.1 Å². The van der Waals surface area contributed by atoms with Crippen molar-refractivity contribution < 1.29 is 19.0 Å². The molecule has 30 heavy (non-hydrogen) atoms. The van der Waals surface area contributed by atoms with Crippen molar-refractivity contribution in [3.8, 4) is 23.3 Å². The molecule has 0 saturated carbocycles. The van der Waals surface area contributed by atoms with E-state index in [1.165, 1.54) is 6.08 Å². The molecule has 1 amide bonds. The number of anilines is 2. The van der Waals surface area contributed by atoms with Crippen LogP contribution in [0.4, 0.5) is 11.4 Å². The van der Waals surface area contributed by atoms with Crippen LogP contribution >= 0.6 is 0 Å². The molecule has 7 nitrogen and oxygen atoms in total. The summed E-state index contributed by atoms with van der Waals surface area (Å²) < 4.78 is 16.2. The molecule has 2 aromatic carbocycles. The van der Waals surface area contributed by atoms with Gasteiger partial charge >= 0.3 is 0 Å². The number of carbonyl (C=O) groups is 1. The summed E-state index contributed by atoms with van der Waals surface area (Å²) in [4.78, 5) is 14.9. The zero-order chi connectivity index (χ0) is 21.5. The summed E-state index contributed by atoms with van der Waals surface area (Å²) in [7, 11) is 4.74. The number of nitriles is 1. The lowest BCUT2D eigenvalue weighted by molar-refractivity contribution is -0.112. The summed E-state index contributed by atoms with van der Waals surface area (Å²) in [5.41, 5.74) is 2.07. The molecular formula is C23H25N3O4. The third-order valence-corrected chi connectivity index (χ3v) is 4.99. The van der Waals surface area contributed by atoms with Gasteiger partial charge in [0, 0.05) is 30.4 Å². The standard InChI is InChI=1S/C23H25N3O4/c1-28-19-8-6-18(7-9-19)25-23(27)17(15-24)12-16-13-22(30-3)20(14-21(16)29-2)26-10-4-5-11-26/h6-9,12-14H,4-5,10-11H2,1-3H3,(H,25,27)/b17-12-. The second-order valence-corrected chi connectivity index (χ2v) is 6.81. The van der Waals surface area contributed by atoms with E-state index in [1.54, 1.807) is 51.7 Å². The second-order valence-electron chi connectivity index (χ2n) is 6.81. The van der Waals surface area contributed by atoms with Crippen LogP contribution in [0.1, 0.15) is 18.4 Å². The van der Waals surface area contributed by atoms with Crippen LogP contribution in [-0.2, 0) is 4.79 Å². The SMILES string of the molecule is COc1ccc(NC(=O)/C(C#N)=C\c2cc(OC)c(N3CCCC3)cc2OC)cc1. The van der Waals surface area contributed by atoms with Gasteiger partial charge in [0.1, 0.15) is 28.9 Å². The first-order valence-electron chi connectivity index (χ1n) is 9.67. The average molecular weight is 407 g/mol. The van der Waals surface area contributed by atoms with Crippen molar-refractivity contribution in [2.45, 2.75) is 12.8 Å². The molecule has 7 heteroatoms. The third-order valence-electron chi connectivity index (χ3n) is 4.99. The van der Waals surface area contributed by atoms with Gasteiger partial charge in [0.2, 0.25) is 0 Å². The van der Waals surface area contributed by atoms with Crippen molar-refractivity contribution in [1.82, 2.24) is 0 Å². The van der Waals surface area contributed by atoms with Crippen LogP contribution in [0.25, 0.3) is 6.08 Å². The predicted octanol–water partition coefficient (Wildman–Crippen LogP) is 3.86. The fourth-order valence-electron chi connectivity index (χ4n) is 3.40. The summed E-state index contributed by atoms with van der Waals surface area (Å²) >= 11 is 0. The molecule has 0 radical (unpaired) electrons. The van der Waals surface area contributed by atoms with E-state index in [2.05, 4.69) is 10.2 Å². The summed E-state index contributed by atoms with van der Waals surface area (Å²) in [6.45, 7) is 1.92. The smallest absolute Gasteiger partial charge is 0.266 e. The lowest BCUT2D eigenvalue weighted by Gasteiger charge is -2.22. The highest BCUT2D eigenvalue weighted by atomic mass is 16.5. The minimum absolute atomic E-state index is 0.0416. The quantitative estimate of drug-likeness (QED) is 0.554. The maximum atomic E-state index is 12.6. The van der Waals surface area contributed by atoms with Gasteiger partial charge in [-0.1, -0.05) is 0 Å². The Kier molecular flexibility index (Phi) is 6.81. The number of nitrogens with one attached hydrogen (secondary N) is 1. The Morgan fingerprint density at radius 3 is 2.27 bits per heavy atom. The number of methoxy groups -OCH3 is 3. The monoisotopic (exact) mass is 407 g/mol. The summed E-state index contributed by atoms with van der Waals surface area (Å²) in [5.74, 6) is 1.42. The van der Waals surface area contributed by atoms with Crippen molar-refractivity contribution in [3.05, 3.63) is 47.5 Å². The van der Waals surface area contributed by atoms with E-state index in [9.17, 15) is 10.1 Å². The van der Waals surface area contributed by atoms with E-state index in [-0.39, 0.29) is 5.57 Å². The predicted molar refractivity (Wildman–Crippen MR) is 116 cm³/mol. The van der Waals surface area contributed by atoms with Crippen LogP contribution in [0.2, 0.25) is 0 Å². The first kappa shape index (κ1) is 21.1. The minimum atomic E-state index is -0.507. The molecule has 2 aromatic rings. The number of amides is 1. The molecule has 0 atom stereocenters. The maximum Gasteiger partial charge on any atom is 0.266 e. The van der Waals surface area contributed by atoms with E-state index < -0.39 is 5.91 Å². The minimum Gasteiger partial charge on any atom is -0.497 e. The Hall–Kier alpha value is -3.66. The molecule has 0 unspecified atom stereocenters. The fourth-order valence-corrected chi connectivity index (χ4v) is 3.40. The second kappa shape index (κ2) is 9.70. The normalized spacial score (nSPS) is 13.5. The van der Waals surface area contributed by atoms with Crippen molar-refractivity contribution in [3.63, 3.8) is 0 Å². The maximum absolute atomic E-state index is 12.6. The number of hydrogen-bond acceptors (Lipinski definition) is 6. The molecule has 0 spiro atoms. The molecule has 3 rings (SSSR count). The molecule has 1 fully saturated rings. The Bertz CT molecular complexity index is 971. The zero-order valence-corrected chi connectivity index (χ0v) is 17.4.